The monoisotopic (exact) mass is 614 g/mol. The Balaban J connectivity index is 1.34. The number of fused-ring (bicyclic) bond motifs is 1. The number of urea groups is 1. The Kier molecular flexibility index (Phi) is 10.9. The third-order valence-corrected chi connectivity index (χ3v) is 8.72. The second-order valence-corrected chi connectivity index (χ2v) is 12.4. The highest BCUT2D eigenvalue weighted by Crippen LogP contribution is 2.31. The van der Waals surface area contributed by atoms with E-state index in [0.717, 1.165) is 49.4 Å². The molecular formula is C35H46N6O4. The number of aromatic nitrogens is 1. The fourth-order valence-corrected chi connectivity index (χ4v) is 6.17. The van der Waals surface area contributed by atoms with Gasteiger partial charge in [0.25, 0.3) is 0 Å². The number of benzene rings is 2. The maximum absolute atomic E-state index is 13.6. The average molecular weight is 615 g/mol. The van der Waals surface area contributed by atoms with Crippen LogP contribution in [0.4, 0.5) is 21.9 Å². The van der Waals surface area contributed by atoms with Crippen molar-refractivity contribution in [3.63, 3.8) is 0 Å². The molecule has 10 heteroatoms. The first-order valence-electron chi connectivity index (χ1n) is 16.0. The molecule has 0 bridgehead atoms. The Morgan fingerprint density at radius 1 is 1.09 bits per heavy atom. The maximum Gasteiger partial charge on any atom is 0.323 e. The van der Waals surface area contributed by atoms with Crippen LogP contribution < -0.4 is 20.3 Å². The zero-order valence-corrected chi connectivity index (χ0v) is 26.6. The number of hydrogen-bond acceptors (Lipinski definition) is 7. The van der Waals surface area contributed by atoms with E-state index in [-0.39, 0.29) is 43.0 Å². The lowest BCUT2D eigenvalue weighted by Crippen LogP contribution is -2.47. The lowest BCUT2D eigenvalue weighted by molar-refractivity contribution is -0.134. The molecule has 3 heterocycles. The normalized spacial score (nSPS) is 19.5. The number of nitrogens with one attached hydrogen (secondary N) is 2. The molecule has 0 saturated carbocycles. The van der Waals surface area contributed by atoms with E-state index in [2.05, 4.69) is 39.4 Å². The van der Waals surface area contributed by atoms with Gasteiger partial charge in [-0.15, -0.1) is 0 Å². The van der Waals surface area contributed by atoms with E-state index >= 15 is 0 Å². The number of piperidine rings is 1. The van der Waals surface area contributed by atoms with Crippen LogP contribution in [0.15, 0.2) is 67.0 Å². The van der Waals surface area contributed by atoms with Crippen molar-refractivity contribution < 1.29 is 19.4 Å². The first-order chi connectivity index (χ1) is 21.8. The number of pyridine rings is 1. The molecule has 3 N–H and O–H groups in total. The quantitative estimate of drug-likeness (QED) is 0.311. The number of ether oxygens (including phenoxy) is 1. The predicted octanol–water partition coefficient (Wildman–Crippen LogP) is 5.00. The van der Waals surface area contributed by atoms with Gasteiger partial charge in [-0.1, -0.05) is 19.1 Å². The number of carbonyl (C=O) groups excluding carboxylic acids is 2. The Bertz CT molecular complexity index is 1430. The molecule has 1 saturated heterocycles. The minimum absolute atomic E-state index is 0.00246. The zero-order valence-electron chi connectivity index (χ0n) is 26.6. The second-order valence-electron chi connectivity index (χ2n) is 12.4. The molecular weight excluding hydrogens is 568 g/mol. The van der Waals surface area contributed by atoms with Gasteiger partial charge in [0.05, 0.1) is 30.4 Å². The highest BCUT2D eigenvalue weighted by molar-refractivity contribution is 6.02. The van der Waals surface area contributed by atoms with Gasteiger partial charge in [-0.25, -0.2) is 4.79 Å². The van der Waals surface area contributed by atoms with Gasteiger partial charge in [-0.2, -0.15) is 0 Å². The van der Waals surface area contributed by atoms with Crippen LogP contribution in [0.25, 0.3) is 0 Å². The fraction of sp³-hybridized carbons (Fsp3) is 0.457. The number of carbonyl (C=O) groups is 2. The summed E-state index contributed by atoms with van der Waals surface area (Å²) >= 11 is 0. The molecule has 3 atom stereocenters. The Labute approximate surface area is 266 Å². The lowest BCUT2D eigenvalue weighted by Gasteiger charge is -2.34. The molecule has 1 aromatic heterocycles. The van der Waals surface area contributed by atoms with Crippen LogP contribution in [-0.2, 0) is 17.8 Å². The summed E-state index contributed by atoms with van der Waals surface area (Å²) in [7, 11) is 2.05. The number of para-hydroxylation sites is 2. The van der Waals surface area contributed by atoms with Gasteiger partial charge in [0.2, 0.25) is 5.91 Å². The molecule has 1 unspecified atom stereocenters. The highest BCUT2D eigenvalue weighted by Gasteiger charge is 2.31. The molecule has 3 aromatic rings. The molecule has 2 aliphatic rings. The number of aliphatic hydroxyl groups is 1. The van der Waals surface area contributed by atoms with Gasteiger partial charge in [0.15, 0.2) is 0 Å². The summed E-state index contributed by atoms with van der Waals surface area (Å²) in [6.45, 7) is 7.61. The number of anilines is 3. The van der Waals surface area contributed by atoms with Crippen LogP contribution >= 0.6 is 0 Å². The van der Waals surface area contributed by atoms with Crippen LogP contribution in [-0.4, -0.2) is 83.8 Å². The number of amides is 3. The van der Waals surface area contributed by atoms with Crippen LogP contribution in [0.3, 0.4) is 0 Å². The lowest BCUT2D eigenvalue weighted by atomic mass is 10.0. The van der Waals surface area contributed by atoms with Crippen molar-refractivity contribution in [3.05, 3.63) is 78.1 Å². The van der Waals surface area contributed by atoms with Crippen molar-refractivity contribution in [2.75, 3.05) is 55.4 Å². The highest BCUT2D eigenvalue weighted by atomic mass is 16.5. The van der Waals surface area contributed by atoms with Crippen LogP contribution in [0, 0.1) is 5.92 Å². The minimum Gasteiger partial charge on any atom is -0.488 e. The first kappa shape index (κ1) is 32.2. The molecule has 2 aromatic carbocycles. The number of rotatable bonds is 9. The van der Waals surface area contributed by atoms with E-state index in [9.17, 15) is 14.7 Å². The average Bonchev–Trinajstić information content (AvgIpc) is 3.09. The molecule has 0 aliphatic carbocycles. The van der Waals surface area contributed by atoms with Gasteiger partial charge in [0.1, 0.15) is 11.9 Å². The fourth-order valence-electron chi connectivity index (χ4n) is 6.17. The van der Waals surface area contributed by atoms with E-state index in [4.69, 9.17) is 4.74 Å². The van der Waals surface area contributed by atoms with Crippen LogP contribution in [0.5, 0.6) is 5.75 Å². The Hall–Kier alpha value is -4.15. The van der Waals surface area contributed by atoms with Crippen LogP contribution in [0.2, 0.25) is 0 Å². The molecule has 240 valence electrons. The van der Waals surface area contributed by atoms with E-state index in [1.54, 1.807) is 17.3 Å². The van der Waals surface area contributed by atoms with Crippen molar-refractivity contribution in [1.82, 2.24) is 14.8 Å². The van der Waals surface area contributed by atoms with Crippen molar-refractivity contribution in [2.24, 2.45) is 5.92 Å². The number of nitrogens with zero attached hydrogens (tertiary/aromatic N) is 4. The summed E-state index contributed by atoms with van der Waals surface area (Å²) in [5, 5.41) is 16.0. The zero-order chi connectivity index (χ0) is 31.8. The topological polar surface area (TPSA) is 110 Å². The summed E-state index contributed by atoms with van der Waals surface area (Å²) in [5.74, 6) is 0.533. The summed E-state index contributed by atoms with van der Waals surface area (Å²) in [6.07, 6.45) is 6.98. The van der Waals surface area contributed by atoms with Gasteiger partial charge in [-0.3, -0.25) is 14.7 Å². The minimum atomic E-state index is -0.352. The summed E-state index contributed by atoms with van der Waals surface area (Å²) < 4.78 is 6.66. The SMILES string of the molecule is C[C@@H]1CN([C@@H](C)CO)C(=O)Cc2cc(NC(=O)Nc3ccccc3N3CCCCC3)ccc2OC1CN(C)Cc1ccncc1. The van der Waals surface area contributed by atoms with E-state index in [1.165, 1.54) is 6.42 Å². The molecule has 0 radical (unpaired) electrons. The van der Waals surface area contributed by atoms with Gasteiger partial charge in [-0.05, 0) is 81.3 Å². The number of aliphatic hydroxyl groups excluding tert-OH is 1. The molecule has 1 fully saturated rings. The molecule has 5 rings (SSSR count). The van der Waals surface area contributed by atoms with Crippen LogP contribution in [0.1, 0.15) is 44.2 Å². The van der Waals surface area contributed by atoms with E-state index in [1.807, 2.05) is 61.5 Å². The molecule has 3 amide bonds. The number of hydrogen-bond donors (Lipinski definition) is 3. The third kappa shape index (κ3) is 8.52. The Morgan fingerprint density at radius 2 is 1.84 bits per heavy atom. The largest absolute Gasteiger partial charge is 0.488 e. The second kappa shape index (κ2) is 15.2. The summed E-state index contributed by atoms with van der Waals surface area (Å²) in [6, 6.07) is 16.7. The molecule has 0 spiro atoms. The maximum atomic E-state index is 13.6. The summed E-state index contributed by atoms with van der Waals surface area (Å²) in [5.41, 5.74) is 4.20. The van der Waals surface area contributed by atoms with Crippen molar-refractivity contribution >= 4 is 29.0 Å². The standard InChI is InChI=1S/C35H46N6O4/c1-25-21-41(26(2)24-42)34(43)20-28-19-29(11-12-32(28)45-33(25)23-39(3)22-27-13-15-36-16-14-27)37-35(44)38-30-9-5-6-10-31(30)40-17-7-4-8-18-40/h5-6,9-16,19,25-26,33,42H,4,7-8,17-18,20-24H2,1-3H3,(H2,37,38,44)/t25-,26+,33?/m1/s1. The number of likely N-dealkylation sites (N-methyl/N-ethyl adjacent to an activating group) is 1. The smallest absolute Gasteiger partial charge is 0.323 e. The molecule has 10 nitrogen and oxygen atoms in total. The molecule has 45 heavy (non-hydrogen) atoms. The van der Waals surface area contributed by atoms with Crippen molar-refractivity contribution in [1.29, 1.82) is 0 Å². The Morgan fingerprint density at radius 3 is 2.60 bits per heavy atom. The molecule has 2 aliphatic heterocycles. The van der Waals surface area contributed by atoms with E-state index in [0.29, 0.717) is 30.1 Å². The van der Waals surface area contributed by atoms with Gasteiger partial charge >= 0.3 is 6.03 Å². The summed E-state index contributed by atoms with van der Waals surface area (Å²) in [4.78, 5) is 37.2. The van der Waals surface area contributed by atoms with E-state index < -0.39 is 0 Å². The van der Waals surface area contributed by atoms with Gasteiger partial charge in [0, 0.05) is 62.3 Å². The first-order valence-corrected chi connectivity index (χ1v) is 16.0. The van der Waals surface area contributed by atoms with Crippen molar-refractivity contribution in [3.8, 4) is 5.75 Å². The van der Waals surface area contributed by atoms with Gasteiger partial charge < -0.3 is 30.3 Å². The predicted molar refractivity (Wildman–Crippen MR) is 178 cm³/mol. The van der Waals surface area contributed by atoms with Crippen molar-refractivity contribution in [2.45, 2.75) is 58.2 Å². The third-order valence-electron chi connectivity index (χ3n) is 8.72.